The van der Waals surface area contributed by atoms with Crippen LogP contribution in [0.4, 0.5) is 0 Å². The van der Waals surface area contributed by atoms with Crippen LogP contribution in [0.5, 0.6) is 5.75 Å². The highest BCUT2D eigenvalue weighted by Gasteiger charge is 2.20. The van der Waals surface area contributed by atoms with Crippen molar-refractivity contribution >= 4 is 15.9 Å². The van der Waals surface area contributed by atoms with E-state index in [0.717, 1.165) is 29.4 Å². The summed E-state index contributed by atoms with van der Waals surface area (Å²) < 4.78 is 8.71. The van der Waals surface area contributed by atoms with Gasteiger partial charge in [0.2, 0.25) is 0 Å². The number of rotatable bonds is 6. The number of methoxy groups -OCH3 is 1. The van der Waals surface area contributed by atoms with Crippen LogP contribution in [0.2, 0.25) is 0 Å². The largest absolute Gasteiger partial charge is 0.497 e. The first-order valence-corrected chi connectivity index (χ1v) is 7.75. The minimum Gasteiger partial charge on any atom is -0.497 e. The summed E-state index contributed by atoms with van der Waals surface area (Å²) in [4.78, 5) is 0. The number of benzene rings is 1. The van der Waals surface area contributed by atoms with Crippen molar-refractivity contribution in [1.82, 2.24) is 9.88 Å². The molecule has 1 N–H and O–H groups in total. The summed E-state index contributed by atoms with van der Waals surface area (Å²) in [6.07, 6.45) is 4.78. The molecule has 0 saturated heterocycles. The number of nitrogens with zero attached hydrogens (tertiary/aromatic N) is 1. The second-order valence-corrected chi connectivity index (χ2v) is 6.09. The Hall–Kier alpha value is -1.26. The van der Waals surface area contributed by atoms with Gasteiger partial charge in [0.05, 0.1) is 7.11 Å². The highest BCUT2D eigenvalue weighted by Crippen LogP contribution is 2.24. The van der Waals surface area contributed by atoms with Gasteiger partial charge < -0.3 is 14.6 Å². The van der Waals surface area contributed by atoms with Gasteiger partial charge in [-0.15, -0.1) is 0 Å². The molecule has 1 aromatic carbocycles. The molecule has 1 fully saturated rings. The van der Waals surface area contributed by atoms with E-state index in [1.54, 1.807) is 7.11 Å². The van der Waals surface area contributed by atoms with Crippen molar-refractivity contribution in [1.29, 1.82) is 0 Å². The number of hydrogen-bond acceptors (Lipinski definition) is 2. The zero-order valence-electron chi connectivity index (χ0n) is 11.6. The van der Waals surface area contributed by atoms with Crippen LogP contribution in [-0.4, -0.2) is 17.7 Å². The van der Waals surface area contributed by atoms with Crippen molar-refractivity contribution in [3.05, 3.63) is 52.3 Å². The van der Waals surface area contributed by atoms with Gasteiger partial charge in [-0.25, -0.2) is 0 Å². The fourth-order valence-electron chi connectivity index (χ4n) is 2.28. The summed E-state index contributed by atoms with van der Waals surface area (Å²) in [6.45, 7) is 1.80. The number of halogens is 1. The average Bonchev–Trinajstić information content (AvgIpc) is 3.19. The van der Waals surface area contributed by atoms with Crippen molar-refractivity contribution in [3.8, 4) is 5.75 Å². The molecule has 1 heterocycles. The maximum absolute atomic E-state index is 5.30. The van der Waals surface area contributed by atoms with Crippen molar-refractivity contribution in [3.63, 3.8) is 0 Å². The van der Waals surface area contributed by atoms with E-state index in [2.05, 4.69) is 50.2 Å². The molecule has 0 unspecified atom stereocenters. The third-order valence-electron chi connectivity index (χ3n) is 3.67. The van der Waals surface area contributed by atoms with Crippen LogP contribution in [0.15, 0.2) is 41.0 Å². The van der Waals surface area contributed by atoms with Crippen LogP contribution in [0.1, 0.15) is 24.1 Å². The van der Waals surface area contributed by atoms with Crippen molar-refractivity contribution in [2.45, 2.75) is 32.0 Å². The maximum Gasteiger partial charge on any atom is 0.119 e. The maximum atomic E-state index is 5.30. The lowest BCUT2D eigenvalue weighted by Gasteiger charge is -2.12. The van der Waals surface area contributed by atoms with Crippen molar-refractivity contribution < 1.29 is 4.74 Å². The Morgan fingerprint density at radius 3 is 2.95 bits per heavy atom. The lowest BCUT2D eigenvalue weighted by Crippen LogP contribution is -2.18. The standard InChI is InChI=1S/C16H19BrN2O/c1-20-15-6-7-16(17)12(9-15)11-19-8-2-3-14(19)10-18-13-4-5-13/h2-3,6-9,13,18H,4-5,10-11H2,1H3. The van der Waals surface area contributed by atoms with Gasteiger partial charge in [0.1, 0.15) is 5.75 Å². The number of hydrogen-bond donors (Lipinski definition) is 1. The van der Waals surface area contributed by atoms with Gasteiger partial charge >= 0.3 is 0 Å². The Balaban J connectivity index is 1.74. The van der Waals surface area contributed by atoms with Gasteiger partial charge in [0.15, 0.2) is 0 Å². The van der Waals surface area contributed by atoms with Crippen LogP contribution < -0.4 is 10.1 Å². The van der Waals surface area contributed by atoms with Crippen molar-refractivity contribution in [2.24, 2.45) is 0 Å². The first-order valence-electron chi connectivity index (χ1n) is 6.96. The molecule has 1 saturated carbocycles. The third-order valence-corrected chi connectivity index (χ3v) is 4.44. The average molecular weight is 335 g/mol. The molecule has 0 spiro atoms. The molecular formula is C16H19BrN2O. The Kier molecular flexibility index (Phi) is 4.13. The molecule has 0 amide bonds. The number of ether oxygens (including phenoxy) is 1. The Morgan fingerprint density at radius 2 is 2.20 bits per heavy atom. The third kappa shape index (κ3) is 3.25. The smallest absolute Gasteiger partial charge is 0.119 e. The molecular weight excluding hydrogens is 316 g/mol. The molecule has 0 atom stereocenters. The second kappa shape index (κ2) is 6.02. The molecule has 1 aliphatic rings. The topological polar surface area (TPSA) is 26.2 Å². The van der Waals surface area contributed by atoms with Crippen LogP contribution >= 0.6 is 15.9 Å². The molecule has 0 aliphatic heterocycles. The van der Waals surface area contributed by atoms with Crippen LogP contribution in [0, 0.1) is 0 Å². The Morgan fingerprint density at radius 1 is 1.35 bits per heavy atom. The minimum absolute atomic E-state index is 0.738. The van der Waals surface area contributed by atoms with Gasteiger partial charge in [0.25, 0.3) is 0 Å². The van der Waals surface area contributed by atoms with Crippen LogP contribution in [-0.2, 0) is 13.1 Å². The zero-order chi connectivity index (χ0) is 13.9. The lowest BCUT2D eigenvalue weighted by atomic mass is 10.2. The van der Waals surface area contributed by atoms with Crippen molar-refractivity contribution in [2.75, 3.05) is 7.11 Å². The summed E-state index contributed by atoms with van der Waals surface area (Å²) in [5.41, 5.74) is 2.56. The molecule has 3 rings (SSSR count). The predicted octanol–water partition coefficient (Wildman–Crippen LogP) is 3.56. The van der Waals surface area contributed by atoms with Gasteiger partial charge in [-0.1, -0.05) is 15.9 Å². The zero-order valence-corrected chi connectivity index (χ0v) is 13.2. The van der Waals surface area contributed by atoms with E-state index in [-0.39, 0.29) is 0 Å². The van der Waals surface area contributed by atoms with E-state index in [4.69, 9.17) is 4.74 Å². The monoisotopic (exact) mass is 334 g/mol. The summed E-state index contributed by atoms with van der Waals surface area (Å²) >= 11 is 3.62. The first-order chi connectivity index (χ1) is 9.76. The summed E-state index contributed by atoms with van der Waals surface area (Å²) in [7, 11) is 1.70. The van der Waals surface area contributed by atoms with Gasteiger partial charge in [-0.2, -0.15) is 0 Å². The molecule has 4 heteroatoms. The minimum atomic E-state index is 0.738. The van der Waals surface area contributed by atoms with E-state index < -0.39 is 0 Å². The predicted molar refractivity (Wildman–Crippen MR) is 84.1 cm³/mol. The second-order valence-electron chi connectivity index (χ2n) is 5.24. The molecule has 1 aromatic heterocycles. The summed E-state index contributed by atoms with van der Waals surface area (Å²) in [5, 5.41) is 3.57. The summed E-state index contributed by atoms with van der Waals surface area (Å²) in [5.74, 6) is 0.896. The van der Waals surface area contributed by atoms with E-state index in [0.29, 0.717) is 0 Å². The van der Waals surface area contributed by atoms with E-state index >= 15 is 0 Å². The molecule has 0 radical (unpaired) electrons. The molecule has 2 aromatic rings. The normalized spacial score (nSPS) is 14.5. The lowest BCUT2D eigenvalue weighted by molar-refractivity contribution is 0.414. The Labute approximate surface area is 128 Å². The Bertz CT molecular complexity index is 590. The molecule has 106 valence electrons. The summed E-state index contributed by atoms with van der Waals surface area (Å²) in [6, 6.07) is 11.1. The molecule has 0 bridgehead atoms. The highest BCUT2D eigenvalue weighted by molar-refractivity contribution is 9.10. The van der Waals surface area contributed by atoms with E-state index in [1.165, 1.54) is 24.1 Å². The number of aromatic nitrogens is 1. The number of nitrogens with one attached hydrogen (secondary N) is 1. The highest BCUT2D eigenvalue weighted by atomic mass is 79.9. The SMILES string of the molecule is COc1ccc(Br)c(Cn2cccc2CNC2CC2)c1. The van der Waals surface area contributed by atoms with Gasteiger partial charge in [-0.05, 0) is 48.7 Å². The van der Waals surface area contributed by atoms with Gasteiger partial charge in [0, 0.05) is 35.5 Å². The van der Waals surface area contributed by atoms with Crippen LogP contribution in [0.3, 0.4) is 0 Å². The first kappa shape index (κ1) is 13.7. The fourth-order valence-corrected chi connectivity index (χ4v) is 2.66. The molecule has 20 heavy (non-hydrogen) atoms. The molecule has 3 nitrogen and oxygen atoms in total. The fraction of sp³-hybridized carbons (Fsp3) is 0.375. The van der Waals surface area contributed by atoms with Crippen LogP contribution in [0.25, 0.3) is 0 Å². The van der Waals surface area contributed by atoms with E-state index in [1.807, 2.05) is 12.1 Å². The molecule has 1 aliphatic carbocycles. The quantitative estimate of drug-likeness (QED) is 0.874. The van der Waals surface area contributed by atoms with E-state index in [9.17, 15) is 0 Å². The van der Waals surface area contributed by atoms with Gasteiger partial charge in [-0.3, -0.25) is 0 Å².